The maximum absolute atomic E-state index is 9.00. The van der Waals surface area contributed by atoms with Crippen LogP contribution in [-0.4, -0.2) is 12.8 Å². The van der Waals surface area contributed by atoms with Crippen molar-refractivity contribution in [1.82, 2.24) is 5.32 Å². The first-order chi connectivity index (χ1) is 15.6. The lowest BCUT2D eigenvalue weighted by Crippen LogP contribution is -2.30. The van der Waals surface area contributed by atoms with Gasteiger partial charge in [0.1, 0.15) is 0 Å². The number of nitrogens with zero attached hydrogens (tertiary/aromatic N) is 1. The van der Waals surface area contributed by atoms with Gasteiger partial charge in [-0.25, -0.2) is 0 Å². The number of hydrogen-bond donors (Lipinski definition) is 2. The summed E-state index contributed by atoms with van der Waals surface area (Å²) in [5.41, 5.74) is 6.61. The normalized spacial score (nSPS) is 17.7. The van der Waals surface area contributed by atoms with E-state index in [1.165, 1.54) is 22.9 Å². The highest BCUT2D eigenvalue weighted by atomic mass is 14.8. The number of nitriles is 1. The Bertz CT molecular complexity index is 1040. The summed E-state index contributed by atoms with van der Waals surface area (Å²) in [4.78, 5) is 0. The highest BCUT2D eigenvalue weighted by molar-refractivity contribution is 5.75. The van der Waals surface area contributed by atoms with Crippen LogP contribution in [0.5, 0.6) is 0 Å². The van der Waals surface area contributed by atoms with E-state index in [0.717, 1.165) is 30.4 Å². The summed E-state index contributed by atoms with van der Waals surface area (Å²) in [6.07, 6.45) is 16.6. The molecule has 3 nitrogen and oxygen atoms in total. The van der Waals surface area contributed by atoms with Crippen LogP contribution in [0, 0.1) is 27.6 Å². The predicted molar refractivity (Wildman–Crippen MR) is 143 cm³/mol. The summed E-state index contributed by atoms with van der Waals surface area (Å²) in [5.74, 6) is 0. The first kappa shape index (κ1) is 25.9. The highest BCUT2D eigenvalue weighted by Gasteiger charge is 2.37. The third-order valence-corrected chi connectivity index (χ3v) is 6.40. The smallest absolute Gasteiger partial charge is 0.0991 e. The minimum absolute atomic E-state index is 0.0950. The van der Waals surface area contributed by atoms with Crippen molar-refractivity contribution in [3.63, 3.8) is 0 Å². The molecule has 0 amide bonds. The van der Waals surface area contributed by atoms with Gasteiger partial charge in [0.05, 0.1) is 11.6 Å². The van der Waals surface area contributed by atoms with Gasteiger partial charge in [0.15, 0.2) is 0 Å². The van der Waals surface area contributed by atoms with Gasteiger partial charge in [0.25, 0.3) is 0 Å². The Balaban J connectivity index is 2.33. The van der Waals surface area contributed by atoms with E-state index in [4.69, 9.17) is 10.7 Å². The lowest BCUT2D eigenvalue weighted by atomic mass is 9.62. The molecule has 1 aliphatic carbocycles. The molecule has 0 radical (unpaired) electrons. The van der Waals surface area contributed by atoms with Crippen molar-refractivity contribution in [2.24, 2.45) is 10.8 Å². The Morgan fingerprint density at radius 1 is 1.12 bits per heavy atom. The Hall–Kier alpha value is -3.38. The molecule has 0 fully saturated rings. The van der Waals surface area contributed by atoms with Crippen LogP contribution in [-0.2, 0) is 0 Å². The predicted octanol–water partition coefficient (Wildman–Crippen LogP) is 7.63. The molecule has 2 rings (SSSR count). The molecule has 1 aromatic carbocycles. The van der Waals surface area contributed by atoms with Crippen LogP contribution in [0.25, 0.3) is 11.6 Å². The van der Waals surface area contributed by atoms with Gasteiger partial charge in [-0.1, -0.05) is 89.4 Å². The number of hydrogen-bond acceptors (Lipinski definition) is 3. The van der Waals surface area contributed by atoms with Crippen LogP contribution < -0.4 is 5.32 Å². The van der Waals surface area contributed by atoms with Gasteiger partial charge in [0.2, 0.25) is 0 Å². The quantitative estimate of drug-likeness (QED) is 0.291. The van der Waals surface area contributed by atoms with Crippen molar-refractivity contribution >= 4 is 17.9 Å². The van der Waals surface area contributed by atoms with Crippen LogP contribution >= 0.6 is 0 Å². The second kappa shape index (κ2) is 11.5. The maximum atomic E-state index is 9.00. The topological polar surface area (TPSA) is 59.7 Å². The van der Waals surface area contributed by atoms with Crippen molar-refractivity contribution in [2.45, 2.75) is 47.0 Å². The Kier molecular flexibility index (Phi) is 9.00. The largest absolute Gasteiger partial charge is 0.387 e. The van der Waals surface area contributed by atoms with Crippen LogP contribution in [0.3, 0.4) is 0 Å². The minimum atomic E-state index is 0.0950. The molecule has 0 bridgehead atoms. The average molecular weight is 440 g/mol. The fraction of sp³-hybridized carbons (Fsp3) is 0.333. The molecule has 0 spiro atoms. The highest BCUT2D eigenvalue weighted by Crippen LogP contribution is 2.49. The van der Waals surface area contributed by atoms with Crippen LogP contribution in [0.15, 0.2) is 84.6 Å². The number of allylic oxidation sites excluding steroid dienone is 7. The van der Waals surface area contributed by atoms with E-state index in [9.17, 15) is 0 Å². The van der Waals surface area contributed by atoms with Crippen molar-refractivity contribution in [3.8, 4) is 6.07 Å². The summed E-state index contributed by atoms with van der Waals surface area (Å²) < 4.78 is 0. The monoisotopic (exact) mass is 439 g/mol. The Morgan fingerprint density at radius 2 is 1.76 bits per heavy atom. The molecular weight excluding hydrogens is 402 g/mol. The summed E-state index contributed by atoms with van der Waals surface area (Å²) >= 11 is 0. The lowest BCUT2D eigenvalue weighted by Gasteiger charge is -2.42. The molecule has 1 aromatic rings. The van der Waals surface area contributed by atoms with Gasteiger partial charge in [-0.2, -0.15) is 5.26 Å². The number of benzene rings is 1. The SMILES string of the molecule is C=CC1=C(/C=C(\C/C=C/c2ccc(C(=C)C#N)cc2)CN/C=C\C=N)C(C)(C)CCC1(C)C. The second-order valence-electron chi connectivity index (χ2n) is 9.83. The number of rotatable bonds is 10. The molecule has 0 atom stereocenters. The molecule has 2 N–H and O–H groups in total. The summed E-state index contributed by atoms with van der Waals surface area (Å²) in [5, 5.41) is 19.5. The molecular formula is C30H37N3. The lowest BCUT2D eigenvalue weighted by molar-refractivity contribution is 0.273. The van der Waals surface area contributed by atoms with E-state index in [-0.39, 0.29) is 10.8 Å². The minimum Gasteiger partial charge on any atom is -0.387 e. The van der Waals surface area contributed by atoms with E-state index in [2.05, 4.69) is 70.5 Å². The first-order valence-corrected chi connectivity index (χ1v) is 11.5. The molecule has 3 heteroatoms. The van der Waals surface area contributed by atoms with E-state index in [1.807, 2.05) is 36.5 Å². The van der Waals surface area contributed by atoms with E-state index >= 15 is 0 Å². The third-order valence-electron chi connectivity index (χ3n) is 6.40. The fourth-order valence-corrected chi connectivity index (χ4v) is 4.18. The zero-order chi connectivity index (χ0) is 24.5. The standard InChI is InChI=1S/C30H37N3/c1-7-27-28(30(5,6)17-16-29(27,3)4)20-25(22-33-19-9-18-31)11-8-10-24-12-14-26(15-13-24)23(2)21-32/h7-10,12-15,18-20,31,33H,1-2,11,16-17,22H2,3-6H3/b10-8+,19-9-,25-20+,31-18?. The summed E-state index contributed by atoms with van der Waals surface area (Å²) in [6, 6.07) is 9.96. The van der Waals surface area contributed by atoms with E-state index in [1.54, 1.807) is 6.08 Å². The average Bonchev–Trinajstić information content (AvgIpc) is 2.79. The molecule has 0 unspecified atom stereocenters. The van der Waals surface area contributed by atoms with Crippen molar-refractivity contribution < 1.29 is 0 Å². The molecule has 172 valence electrons. The molecule has 0 aromatic heterocycles. The molecule has 0 heterocycles. The van der Waals surface area contributed by atoms with E-state index in [0.29, 0.717) is 12.1 Å². The Labute approximate surface area is 200 Å². The van der Waals surface area contributed by atoms with Gasteiger partial charge >= 0.3 is 0 Å². The zero-order valence-electron chi connectivity index (χ0n) is 20.5. The fourth-order valence-electron chi connectivity index (χ4n) is 4.18. The van der Waals surface area contributed by atoms with Crippen molar-refractivity contribution in [3.05, 3.63) is 95.8 Å². The van der Waals surface area contributed by atoms with Gasteiger partial charge in [-0.05, 0) is 70.2 Å². The van der Waals surface area contributed by atoms with Crippen LogP contribution in [0.1, 0.15) is 58.1 Å². The van der Waals surface area contributed by atoms with Gasteiger partial charge < -0.3 is 10.7 Å². The summed E-state index contributed by atoms with van der Waals surface area (Å²) in [7, 11) is 0. The third kappa shape index (κ3) is 7.05. The van der Waals surface area contributed by atoms with Gasteiger partial charge in [0, 0.05) is 12.8 Å². The Morgan fingerprint density at radius 3 is 2.33 bits per heavy atom. The number of nitrogens with one attached hydrogen (secondary N) is 2. The molecule has 0 saturated heterocycles. The first-order valence-electron chi connectivity index (χ1n) is 11.5. The van der Waals surface area contributed by atoms with Crippen LogP contribution in [0.2, 0.25) is 0 Å². The molecule has 0 aliphatic heterocycles. The second-order valence-corrected chi connectivity index (χ2v) is 9.83. The zero-order valence-corrected chi connectivity index (χ0v) is 20.5. The van der Waals surface area contributed by atoms with Crippen molar-refractivity contribution in [1.29, 1.82) is 10.7 Å². The molecule has 1 aliphatic rings. The van der Waals surface area contributed by atoms with Crippen molar-refractivity contribution in [2.75, 3.05) is 6.54 Å². The molecule has 33 heavy (non-hydrogen) atoms. The van der Waals surface area contributed by atoms with Gasteiger partial charge in [-0.3, -0.25) is 0 Å². The summed E-state index contributed by atoms with van der Waals surface area (Å²) in [6.45, 7) is 17.9. The van der Waals surface area contributed by atoms with Crippen LogP contribution in [0.4, 0.5) is 0 Å². The van der Waals surface area contributed by atoms with Gasteiger partial charge in [-0.15, -0.1) is 0 Å². The maximum Gasteiger partial charge on any atom is 0.0991 e. The molecule has 0 saturated carbocycles. The van der Waals surface area contributed by atoms with E-state index < -0.39 is 0 Å².